The zero-order chi connectivity index (χ0) is 25.3. The molecule has 36 heavy (non-hydrogen) atoms. The first-order chi connectivity index (χ1) is 17.4. The highest BCUT2D eigenvalue weighted by atomic mass is 32.2. The number of aliphatic hydroxyl groups excluding tert-OH is 1. The van der Waals surface area contributed by atoms with Crippen LogP contribution < -0.4 is 5.32 Å². The normalized spacial score (nSPS) is 29.1. The highest BCUT2D eigenvalue weighted by molar-refractivity contribution is 7.89. The van der Waals surface area contributed by atoms with E-state index in [9.17, 15) is 18.3 Å². The van der Waals surface area contributed by atoms with E-state index >= 15 is 0 Å². The number of hydrogen-bond donors (Lipinski definition) is 2. The van der Waals surface area contributed by atoms with Crippen molar-refractivity contribution in [3.8, 4) is 11.1 Å². The predicted octanol–water partition coefficient (Wildman–Crippen LogP) is 3.03. The van der Waals surface area contributed by atoms with Crippen LogP contribution in [0, 0.1) is 17.8 Å². The van der Waals surface area contributed by atoms with Crippen LogP contribution in [0.25, 0.3) is 11.1 Å². The Balaban J connectivity index is 1.33. The quantitative estimate of drug-likeness (QED) is 0.530. The molecule has 2 bridgehead atoms. The fourth-order valence-electron chi connectivity index (χ4n) is 6.34. The molecule has 0 radical (unpaired) electrons. The minimum atomic E-state index is -3.86. The lowest BCUT2D eigenvalue weighted by Crippen LogP contribution is -2.47. The molecule has 2 saturated carbocycles. The third-order valence-corrected chi connectivity index (χ3v) is 9.97. The fraction of sp³-hybridized carbons (Fsp3) is 0.481. The molecule has 1 saturated heterocycles. The van der Waals surface area contributed by atoms with E-state index < -0.39 is 16.1 Å². The molecule has 3 fully saturated rings. The Morgan fingerprint density at radius 2 is 1.78 bits per heavy atom. The Hall–Kier alpha value is -2.75. The monoisotopic (exact) mass is 511 g/mol. The molecule has 9 heteroatoms. The van der Waals surface area contributed by atoms with Crippen LogP contribution in [0.2, 0.25) is 0 Å². The molecule has 1 aliphatic heterocycles. The number of aliphatic hydroxyl groups is 1. The highest BCUT2D eigenvalue weighted by Gasteiger charge is 2.48. The van der Waals surface area contributed by atoms with Gasteiger partial charge < -0.3 is 15.3 Å². The van der Waals surface area contributed by atoms with E-state index in [2.05, 4.69) is 10.5 Å². The molecule has 0 unspecified atom stereocenters. The van der Waals surface area contributed by atoms with E-state index in [1.807, 2.05) is 30.3 Å². The van der Waals surface area contributed by atoms with Crippen molar-refractivity contribution in [1.82, 2.24) is 9.62 Å². The molecule has 2 aromatic carbocycles. The average molecular weight is 512 g/mol. The van der Waals surface area contributed by atoms with Crippen molar-refractivity contribution in [1.29, 1.82) is 0 Å². The van der Waals surface area contributed by atoms with Gasteiger partial charge in [0, 0.05) is 37.5 Å². The number of carbonyl (C=O) groups excluding carboxylic acids is 1. The lowest BCUT2D eigenvalue weighted by Gasteiger charge is -2.31. The summed E-state index contributed by atoms with van der Waals surface area (Å²) in [6.07, 6.45) is 3.60. The van der Waals surface area contributed by atoms with Gasteiger partial charge >= 0.3 is 0 Å². The number of nitrogens with one attached hydrogen (secondary N) is 1. The zero-order valence-corrected chi connectivity index (χ0v) is 21.2. The second kappa shape index (κ2) is 10.3. The zero-order valence-electron chi connectivity index (χ0n) is 20.4. The van der Waals surface area contributed by atoms with E-state index in [4.69, 9.17) is 4.84 Å². The molecule has 192 valence electrons. The first-order valence-electron chi connectivity index (χ1n) is 12.6. The number of rotatable bonds is 8. The van der Waals surface area contributed by atoms with Gasteiger partial charge in [-0.2, -0.15) is 4.31 Å². The maximum atomic E-state index is 13.6. The largest absolute Gasteiger partial charge is 0.399 e. The molecule has 2 N–H and O–H groups in total. The molecule has 8 nitrogen and oxygen atoms in total. The summed E-state index contributed by atoms with van der Waals surface area (Å²) in [6, 6.07) is 16.0. The van der Waals surface area contributed by atoms with Crippen molar-refractivity contribution in [2.45, 2.75) is 49.1 Å². The number of amides is 1. The Kier molecular flexibility index (Phi) is 7.14. The fourth-order valence-corrected chi connectivity index (χ4v) is 7.95. The minimum absolute atomic E-state index is 0.0367. The van der Waals surface area contributed by atoms with E-state index in [-0.39, 0.29) is 42.3 Å². The van der Waals surface area contributed by atoms with Crippen LogP contribution in [0.3, 0.4) is 0 Å². The minimum Gasteiger partial charge on any atom is -0.399 e. The van der Waals surface area contributed by atoms with Crippen molar-refractivity contribution in [3.05, 3.63) is 54.6 Å². The van der Waals surface area contributed by atoms with Crippen LogP contribution in [0.5, 0.6) is 0 Å². The van der Waals surface area contributed by atoms with Crippen LogP contribution in [0.1, 0.15) is 32.1 Å². The van der Waals surface area contributed by atoms with Gasteiger partial charge in [0.25, 0.3) is 0 Å². The molecular weight excluding hydrogens is 478 g/mol. The van der Waals surface area contributed by atoms with Crippen LogP contribution in [0.15, 0.2) is 64.6 Å². The maximum absolute atomic E-state index is 13.6. The first-order valence-corrected chi connectivity index (χ1v) is 14.0. The van der Waals surface area contributed by atoms with E-state index in [0.717, 1.165) is 30.4 Å². The Bertz CT molecular complexity index is 1220. The van der Waals surface area contributed by atoms with Gasteiger partial charge in [0.2, 0.25) is 15.9 Å². The average Bonchev–Trinajstić information content (AvgIpc) is 3.60. The molecule has 1 amide bonds. The summed E-state index contributed by atoms with van der Waals surface area (Å²) in [6.45, 7) is 0.154. The SMILES string of the molecule is CON=C1C[C@@H](CC(=O)N[C@H]2[C@H]3CC[C@H](C3)[C@H]2CO)N(S(=O)(=O)c2ccc(-c3ccccc3)cc2)C1. The summed E-state index contributed by atoms with van der Waals surface area (Å²) in [5, 5.41) is 17.0. The van der Waals surface area contributed by atoms with Crippen molar-refractivity contribution < 1.29 is 23.2 Å². The smallest absolute Gasteiger partial charge is 0.243 e. The number of carbonyl (C=O) groups is 1. The molecule has 2 aliphatic carbocycles. The predicted molar refractivity (Wildman–Crippen MR) is 137 cm³/mol. The molecule has 5 rings (SSSR count). The maximum Gasteiger partial charge on any atom is 0.243 e. The number of hydrogen-bond acceptors (Lipinski definition) is 6. The molecule has 0 spiro atoms. The lowest BCUT2D eigenvalue weighted by molar-refractivity contribution is -0.123. The lowest BCUT2D eigenvalue weighted by atomic mass is 9.85. The van der Waals surface area contributed by atoms with Crippen molar-refractivity contribution in [3.63, 3.8) is 0 Å². The first kappa shape index (κ1) is 24.9. The van der Waals surface area contributed by atoms with Crippen LogP contribution >= 0.6 is 0 Å². The molecule has 3 aliphatic rings. The summed E-state index contributed by atoms with van der Waals surface area (Å²) < 4.78 is 28.6. The Labute approximate surface area is 212 Å². The topological polar surface area (TPSA) is 108 Å². The van der Waals surface area contributed by atoms with Crippen molar-refractivity contribution >= 4 is 21.6 Å². The molecule has 2 aromatic rings. The summed E-state index contributed by atoms with van der Waals surface area (Å²) in [4.78, 5) is 18.2. The van der Waals surface area contributed by atoms with Crippen molar-refractivity contribution in [2.24, 2.45) is 22.9 Å². The van der Waals surface area contributed by atoms with Crippen molar-refractivity contribution in [2.75, 3.05) is 20.3 Å². The summed E-state index contributed by atoms with van der Waals surface area (Å²) in [7, 11) is -2.43. The van der Waals surface area contributed by atoms with Gasteiger partial charge in [-0.3, -0.25) is 4.79 Å². The third kappa shape index (κ3) is 4.79. The highest BCUT2D eigenvalue weighted by Crippen LogP contribution is 2.48. The summed E-state index contributed by atoms with van der Waals surface area (Å²) >= 11 is 0. The van der Waals surface area contributed by atoms with E-state index in [1.165, 1.54) is 11.4 Å². The van der Waals surface area contributed by atoms with Crippen LogP contribution in [0.4, 0.5) is 0 Å². The number of fused-ring (bicyclic) bond motifs is 2. The van der Waals surface area contributed by atoms with Gasteiger partial charge in [-0.05, 0) is 54.4 Å². The van der Waals surface area contributed by atoms with E-state index in [1.54, 1.807) is 24.3 Å². The van der Waals surface area contributed by atoms with Gasteiger partial charge in [0.15, 0.2) is 0 Å². The number of nitrogens with zero attached hydrogens (tertiary/aromatic N) is 2. The van der Waals surface area contributed by atoms with Gasteiger partial charge in [-0.1, -0.05) is 47.6 Å². The van der Waals surface area contributed by atoms with Crippen LogP contribution in [-0.2, 0) is 19.7 Å². The number of oxime groups is 1. The third-order valence-electron chi connectivity index (χ3n) is 8.05. The van der Waals surface area contributed by atoms with E-state index in [0.29, 0.717) is 24.0 Å². The number of sulfonamides is 1. The van der Waals surface area contributed by atoms with Gasteiger partial charge in [-0.15, -0.1) is 0 Å². The van der Waals surface area contributed by atoms with Gasteiger partial charge in [-0.25, -0.2) is 8.42 Å². The number of benzene rings is 2. The molecule has 1 heterocycles. The standard InChI is InChI=1S/C27H33N3O5S/c1-35-29-22-14-23(15-26(32)28-27-21-8-7-20(13-21)25(27)17-31)30(16-22)36(33,34)24-11-9-19(10-12-24)18-5-3-2-4-6-18/h2-6,9-12,20-21,23,25,27,31H,7-8,13-17H2,1H3,(H,28,32)/t20-,21+,23+,25-,27+/m1/s1. The Morgan fingerprint density at radius 3 is 2.47 bits per heavy atom. The molecule has 0 aromatic heterocycles. The molecular formula is C27H33N3O5S. The van der Waals surface area contributed by atoms with Gasteiger partial charge in [0.1, 0.15) is 7.11 Å². The second-order valence-electron chi connectivity index (χ2n) is 10.1. The summed E-state index contributed by atoms with van der Waals surface area (Å²) in [5.74, 6) is 0.764. The summed E-state index contributed by atoms with van der Waals surface area (Å²) in [5.41, 5.74) is 2.53. The van der Waals surface area contributed by atoms with Gasteiger partial charge in [0.05, 0.1) is 17.2 Å². The second-order valence-corrected chi connectivity index (χ2v) is 12.0. The van der Waals surface area contributed by atoms with Crippen LogP contribution in [-0.4, -0.2) is 61.8 Å². The molecule has 5 atom stereocenters. The Morgan fingerprint density at radius 1 is 1.08 bits per heavy atom.